The van der Waals surface area contributed by atoms with Gasteiger partial charge in [0.1, 0.15) is 0 Å². The summed E-state index contributed by atoms with van der Waals surface area (Å²) in [4.78, 5) is 21.8. The highest BCUT2D eigenvalue weighted by Gasteiger charge is 2.30. The van der Waals surface area contributed by atoms with E-state index in [2.05, 4.69) is 15.0 Å². The second-order valence-electron chi connectivity index (χ2n) is 4.11. The first-order chi connectivity index (χ1) is 9.36. The summed E-state index contributed by atoms with van der Waals surface area (Å²) < 4.78 is 38.0. The smallest absolute Gasteiger partial charge is 0.321 e. The molecule has 8 heteroatoms. The van der Waals surface area contributed by atoms with Gasteiger partial charge in [-0.2, -0.15) is 13.2 Å². The molecule has 0 amide bonds. The Morgan fingerprint density at radius 1 is 1.20 bits per heavy atom. The normalized spacial score (nSPS) is 12.2. The van der Waals surface area contributed by atoms with Gasteiger partial charge >= 0.3 is 6.18 Å². The minimum absolute atomic E-state index is 0.0482. The van der Waals surface area contributed by atoms with Gasteiger partial charge in [-0.15, -0.1) is 0 Å². The van der Waals surface area contributed by atoms with E-state index >= 15 is 0 Å². The van der Waals surface area contributed by atoms with Crippen LogP contribution >= 0.6 is 11.6 Å². The molecule has 4 nitrogen and oxygen atoms in total. The van der Waals surface area contributed by atoms with Gasteiger partial charge in [-0.1, -0.05) is 6.07 Å². The van der Waals surface area contributed by atoms with Gasteiger partial charge < -0.3 is 4.98 Å². The fourth-order valence-corrected chi connectivity index (χ4v) is 2.09. The number of H-pyrrole nitrogens is 1. The third-order valence-electron chi connectivity index (χ3n) is 2.85. The highest BCUT2D eigenvalue weighted by atomic mass is 35.5. The maximum atomic E-state index is 12.7. The third-order valence-corrected chi connectivity index (χ3v) is 3.04. The van der Waals surface area contributed by atoms with Crippen molar-refractivity contribution < 1.29 is 13.2 Å². The number of aromatic nitrogens is 3. The first-order valence-electron chi connectivity index (χ1n) is 5.42. The Hall–Kier alpha value is -2.15. The quantitative estimate of drug-likeness (QED) is 0.512. The van der Waals surface area contributed by atoms with E-state index in [1.54, 1.807) is 0 Å². The van der Waals surface area contributed by atoms with Crippen LogP contribution in [0.1, 0.15) is 5.56 Å². The van der Waals surface area contributed by atoms with Gasteiger partial charge in [0.05, 0.1) is 22.0 Å². The Labute approximate surface area is 114 Å². The number of rotatable bonds is 0. The van der Waals surface area contributed by atoms with Crippen molar-refractivity contribution in [2.24, 2.45) is 0 Å². The van der Waals surface area contributed by atoms with Crippen LogP contribution in [-0.4, -0.2) is 15.0 Å². The fourth-order valence-electron chi connectivity index (χ4n) is 1.95. The van der Waals surface area contributed by atoms with Crippen molar-refractivity contribution in [2.75, 3.05) is 0 Å². The monoisotopic (exact) mass is 299 g/mol. The van der Waals surface area contributed by atoms with Crippen molar-refractivity contribution >= 4 is 33.4 Å². The van der Waals surface area contributed by atoms with Gasteiger partial charge in [0, 0.05) is 11.6 Å². The average molecular weight is 300 g/mol. The van der Waals surface area contributed by atoms with E-state index < -0.39 is 17.3 Å². The van der Waals surface area contributed by atoms with Gasteiger partial charge in [0.25, 0.3) is 5.56 Å². The molecular formula is C12H5ClF3N3O. The first-order valence-corrected chi connectivity index (χ1v) is 5.79. The topological polar surface area (TPSA) is 58.6 Å². The van der Waals surface area contributed by atoms with Crippen LogP contribution in [0.25, 0.3) is 21.8 Å². The molecule has 0 fully saturated rings. The van der Waals surface area contributed by atoms with Crippen LogP contribution in [0, 0.1) is 0 Å². The molecule has 1 N–H and O–H groups in total. The van der Waals surface area contributed by atoms with E-state index in [0.717, 1.165) is 12.1 Å². The molecule has 0 spiro atoms. The Kier molecular flexibility index (Phi) is 2.68. The number of hydrogen-bond acceptors (Lipinski definition) is 3. The number of benzene rings is 1. The molecule has 0 aliphatic carbocycles. The molecule has 0 aliphatic heterocycles. The summed E-state index contributed by atoms with van der Waals surface area (Å²) in [6.07, 6.45) is -3.25. The molecule has 2 heterocycles. The molecular weight excluding hydrogens is 295 g/mol. The SMILES string of the molecule is O=c1[nH]c2cc(C(F)(F)F)ccc2c2nc(Cl)ncc12. The lowest BCUT2D eigenvalue weighted by Crippen LogP contribution is -2.10. The summed E-state index contributed by atoms with van der Waals surface area (Å²) >= 11 is 5.66. The van der Waals surface area contributed by atoms with Gasteiger partial charge in [-0.3, -0.25) is 4.79 Å². The summed E-state index contributed by atoms with van der Waals surface area (Å²) in [5.41, 5.74) is -1.15. The molecule has 1 aromatic carbocycles. The van der Waals surface area contributed by atoms with Crippen molar-refractivity contribution in [1.82, 2.24) is 15.0 Å². The van der Waals surface area contributed by atoms with Crippen LogP contribution in [0.3, 0.4) is 0 Å². The summed E-state index contributed by atoms with van der Waals surface area (Å²) in [7, 11) is 0. The van der Waals surface area contributed by atoms with E-state index in [1.165, 1.54) is 12.3 Å². The number of aromatic amines is 1. The van der Waals surface area contributed by atoms with Crippen LogP contribution in [-0.2, 0) is 6.18 Å². The molecule has 0 unspecified atom stereocenters. The molecule has 2 aromatic heterocycles. The lowest BCUT2D eigenvalue weighted by atomic mass is 10.1. The molecule has 0 atom stereocenters. The summed E-state index contributed by atoms with van der Waals surface area (Å²) in [6.45, 7) is 0. The average Bonchev–Trinajstić information content (AvgIpc) is 2.37. The summed E-state index contributed by atoms with van der Waals surface area (Å²) in [6, 6.07) is 3.04. The van der Waals surface area contributed by atoms with E-state index in [0.29, 0.717) is 5.39 Å². The summed E-state index contributed by atoms with van der Waals surface area (Å²) in [5.74, 6) is 0. The molecule has 0 saturated carbocycles. The minimum atomic E-state index is -4.48. The van der Waals surface area contributed by atoms with Gasteiger partial charge in [-0.25, -0.2) is 9.97 Å². The largest absolute Gasteiger partial charge is 0.416 e. The van der Waals surface area contributed by atoms with E-state index in [1.807, 2.05) is 0 Å². The zero-order chi connectivity index (χ0) is 14.5. The standard InChI is InChI=1S/C12H5ClF3N3O/c13-11-17-4-7-9(19-11)6-2-1-5(12(14,15)16)3-8(6)18-10(7)20/h1-4H,(H,18,20). The van der Waals surface area contributed by atoms with Crippen molar-refractivity contribution in [2.45, 2.75) is 6.18 Å². The maximum Gasteiger partial charge on any atom is 0.416 e. The lowest BCUT2D eigenvalue weighted by molar-refractivity contribution is -0.137. The predicted octanol–water partition coefficient (Wildman–Crippen LogP) is 3.14. The Balaban J connectivity index is 2.44. The molecule has 102 valence electrons. The Morgan fingerprint density at radius 3 is 2.65 bits per heavy atom. The van der Waals surface area contributed by atoms with Crippen molar-refractivity contribution in [3.63, 3.8) is 0 Å². The number of nitrogens with one attached hydrogen (secondary N) is 1. The Morgan fingerprint density at radius 2 is 1.95 bits per heavy atom. The number of fused-ring (bicyclic) bond motifs is 3. The Bertz CT molecular complexity index is 889. The molecule has 3 rings (SSSR count). The van der Waals surface area contributed by atoms with Crippen molar-refractivity contribution in [3.05, 3.63) is 45.6 Å². The van der Waals surface area contributed by atoms with Crippen LogP contribution in [0.2, 0.25) is 5.28 Å². The van der Waals surface area contributed by atoms with Crippen molar-refractivity contribution in [3.8, 4) is 0 Å². The molecule has 0 radical (unpaired) electrons. The van der Waals surface area contributed by atoms with Gasteiger partial charge in [0.2, 0.25) is 5.28 Å². The van der Waals surface area contributed by atoms with Crippen LogP contribution < -0.4 is 5.56 Å². The number of halogens is 4. The fraction of sp³-hybridized carbons (Fsp3) is 0.0833. The highest BCUT2D eigenvalue weighted by molar-refractivity contribution is 6.28. The highest BCUT2D eigenvalue weighted by Crippen LogP contribution is 2.31. The van der Waals surface area contributed by atoms with Crippen molar-refractivity contribution in [1.29, 1.82) is 0 Å². The van der Waals surface area contributed by atoms with E-state index in [9.17, 15) is 18.0 Å². The number of pyridine rings is 1. The second-order valence-corrected chi connectivity index (χ2v) is 4.45. The zero-order valence-corrected chi connectivity index (χ0v) is 10.4. The number of nitrogens with zero attached hydrogens (tertiary/aromatic N) is 2. The molecule has 3 aromatic rings. The van der Waals surface area contributed by atoms with Crippen LogP contribution in [0.5, 0.6) is 0 Å². The molecule has 0 aliphatic rings. The molecule has 0 bridgehead atoms. The van der Waals surface area contributed by atoms with Crippen LogP contribution in [0.15, 0.2) is 29.2 Å². The number of hydrogen-bond donors (Lipinski definition) is 1. The van der Waals surface area contributed by atoms with E-state index in [4.69, 9.17) is 11.6 Å². The lowest BCUT2D eigenvalue weighted by Gasteiger charge is -2.08. The molecule has 0 saturated heterocycles. The predicted molar refractivity (Wildman–Crippen MR) is 67.7 cm³/mol. The minimum Gasteiger partial charge on any atom is -0.321 e. The van der Waals surface area contributed by atoms with Gasteiger partial charge in [-0.05, 0) is 23.7 Å². The summed E-state index contributed by atoms with van der Waals surface area (Å²) in [5, 5.41) is 0.461. The third kappa shape index (κ3) is 2.00. The zero-order valence-electron chi connectivity index (χ0n) is 9.62. The van der Waals surface area contributed by atoms with Gasteiger partial charge in [0.15, 0.2) is 0 Å². The maximum absolute atomic E-state index is 12.7. The molecule has 20 heavy (non-hydrogen) atoms. The first kappa shape index (κ1) is 12.9. The van der Waals surface area contributed by atoms with E-state index in [-0.39, 0.29) is 21.7 Å². The number of alkyl halides is 3. The van der Waals surface area contributed by atoms with Crippen LogP contribution in [0.4, 0.5) is 13.2 Å². The second kappa shape index (κ2) is 4.17.